The molecule has 1 aromatic rings. The summed E-state index contributed by atoms with van der Waals surface area (Å²) in [5.41, 5.74) is 5.98. The van der Waals surface area contributed by atoms with E-state index in [9.17, 15) is 4.79 Å². The quantitative estimate of drug-likeness (QED) is 0.762. The predicted octanol–water partition coefficient (Wildman–Crippen LogP) is 0.810. The van der Waals surface area contributed by atoms with E-state index in [-0.39, 0.29) is 5.91 Å². The molecule has 4 heteroatoms. The molecule has 0 atom stereocenters. The summed E-state index contributed by atoms with van der Waals surface area (Å²) in [6, 6.07) is 2.00. The Morgan fingerprint density at radius 1 is 1.69 bits per heavy atom. The highest BCUT2D eigenvalue weighted by Gasteiger charge is 2.47. The molecule has 0 saturated carbocycles. The first-order valence-corrected chi connectivity index (χ1v) is 4.97. The van der Waals surface area contributed by atoms with E-state index >= 15 is 0 Å². The van der Waals surface area contributed by atoms with Crippen LogP contribution in [0.25, 0.3) is 0 Å². The second kappa shape index (κ2) is 2.82. The van der Waals surface area contributed by atoms with E-state index in [2.05, 4.69) is 0 Å². The number of carbonyl (C=O) groups is 1. The summed E-state index contributed by atoms with van der Waals surface area (Å²) in [6.07, 6.45) is 0. The molecule has 2 heterocycles. The van der Waals surface area contributed by atoms with Gasteiger partial charge in [-0.1, -0.05) is 0 Å². The normalized spacial score (nSPS) is 19.5. The molecule has 2 rings (SSSR count). The molecule has 1 saturated heterocycles. The lowest BCUT2D eigenvalue weighted by atomic mass is 9.82. The van der Waals surface area contributed by atoms with Crippen molar-refractivity contribution >= 4 is 17.2 Å². The van der Waals surface area contributed by atoms with Gasteiger partial charge in [0.15, 0.2) is 0 Å². The van der Waals surface area contributed by atoms with Gasteiger partial charge in [0.25, 0.3) is 0 Å². The topological polar surface area (TPSA) is 52.3 Å². The number of thiophene rings is 1. The van der Waals surface area contributed by atoms with E-state index in [1.54, 1.807) is 11.3 Å². The average Bonchev–Trinajstić information content (AvgIpc) is 2.34. The number of carbonyl (C=O) groups excluding carboxylic acids is 1. The van der Waals surface area contributed by atoms with E-state index in [1.165, 1.54) is 0 Å². The van der Waals surface area contributed by atoms with Crippen molar-refractivity contribution in [2.75, 3.05) is 13.2 Å². The van der Waals surface area contributed by atoms with Crippen LogP contribution in [0.1, 0.15) is 10.4 Å². The van der Waals surface area contributed by atoms with E-state index in [0.717, 1.165) is 10.4 Å². The molecule has 0 unspecified atom stereocenters. The number of primary amides is 1. The monoisotopic (exact) mass is 197 g/mol. The number of hydrogen-bond donors (Lipinski definition) is 1. The largest absolute Gasteiger partial charge is 0.378 e. The van der Waals surface area contributed by atoms with E-state index in [1.807, 2.05) is 18.4 Å². The molecule has 0 radical (unpaired) electrons. The molecule has 0 aliphatic carbocycles. The maximum Gasteiger partial charge on any atom is 0.233 e. The van der Waals surface area contributed by atoms with Gasteiger partial charge in [0.1, 0.15) is 5.41 Å². The molecule has 1 fully saturated rings. The molecule has 70 valence electrons. The third-order valence-corrected chi connectivity index (χ3v) is 3.69. The van der Waals surface area contributed by atoms with Crippen LogP contribution < -0.4 is 5.73 Å². The number of hydrogen-bond acceptors (Lipinski definition) is 3. The highest BCUT2D eigenvalue weighted by atomic mass is 32.1. The Balaban J connectivity index is 2.43. The number of rotatable bonds is 2. The summed E-state index contributed by atoms with van der Waals surface area (Å²) in [4.78, 5) is 12.4. The molecule has 1 aliphatic heterocycles. The van der Waals surface area contributed by atoms with Crippen LogP contribution in [0.4, 0.5) is 0 Å². The van der Waals surface area contributed by atoms with Crippen molar-refractivity contribution in [3.8, 4) is 0 Å². The van der Waals surface area contributed by atoms with Crippen LogP contribution in [0.2, 0.25) is 0 Å². The van der Waals surface area contributed by atoms with Gasteiger partial charge in [-0.15, -0.1) is 11.3 Å². The Morgan fingerprint density at radius 3 is 2.69 bits per heavy atom. The van der Waals surface area contributed by atoms with Gasteiger partial charge in [0.05, 0.1) is 13.2 Å². The highest BCUT2D eigenvalue weighted by Crippen LogP contribution is 2.37. The third-order valence-electron chi connectivity index (χ3n) is 2.47. The zero-order valence-electron chi connectivity index (χ0n) is 7.37. The third kappa shape index (κ3) is 1.09. The first-order chi connectivity index (χ1) is 6.17. The minimum atomic E-state index is -0.530. The predicted molar refractivity (Wildman–Crippen MR) is 50.7 cm³/mol. The van der Waals surface area contributed by atoms with Crippen LogP contribution in [-0.2, 0) is 14.9 Å². The van der Waals surface area contributed by atoms with Crippen LogP contribution >= 0.6 is 11.3 Å². The minimum Gasteiger partial charge on any atom is -0.378 e. The summed E-state index contributed by atoms with van der Waals surface area (Å²) in [5.74, 6) is -0.274. The van der Waals surface area contributed by atoms with Crippen molar-refractivity contribution in [2.45, 2.75) is 12.3 Å². The van der Waals surface area contributed by atoms with Crippen LogP contribution in [0, 0.1) is 6.92 Å². The van der Waals surface area contributed by atoms with E-state index in [0.29, 0.717) is 13.2 Å². The SMILES string of the molecule is Cc1ccsc1C1(C(N)=O)COC1. The van der Waals surface area contributed by atoms with Crippen molar-refractivity contribution in [1.82, 2.24) is 0 Å². The fourth-order valence-electron chi connectivity index (χ4n) is 1.55. The second-order valence-electron chi connectivity index (χ2n) is 3.37. The zero-order chi connectivity index (χ0) is 9.47. The van der Waals surface area contributed by atoms with Gasteiger partial charge in [-0.25, -0.2) is 0 Å². The van der Waals surface area contributed by atoms with Crippen molar-refractivity contribution in [3.05, 3.63) is 21.9 Å². The van der Waals surface area contributed by atoms with Crippen LogP contribution in [0.3, 0.4) is 0 Å². The summed E-state index contributed by atoms with van der Waals surface area (Å²) in [6.45, 7) is 2.86. The Bertz CT molecular complexity index is 341. The number of nitrogens with two attached hydrogens (primary N) is 1. The van der Waals surface area contributed by atoms with Crippen molar-refractivity contribution in [2.24, 2.45) is 5.73 Å². The van der Waals surface area contributed by atoms with Crippen molar-refractivity contribution in [1.29, 1.82) is 0 Å². The lowest BCUT2D eigenvalue weighted by Crippen LogP contribution is -2.55. The van der Waals surface area contributed by atoms with Gasteiger partial charge < -0.3 is 10.5 Å². The first kappa shape index (κ1) is 8.72. The minimum absolute atomic E-state index is 0.274. The molecular weight excluding hydrogens is 186 g/mol. The smallest absolute Gasteiger partial charge is 0.233 e. The molecule has 1 aliphatic rings. The summed E-state index contributed by atoms with van der Waals surface area (Å²) in [7, 11) is 0. The fraction of sp³-hybridized carbons (Fsp3) is 0.444. The first-order valence-electron chi connectivity index (χ1n) is 4.09. The summed E-state index contributed by atoms with van der Waals surface area (Å²) in [5, 5.41) is 1.98. The highest BCUT2D eigenvalue weighted by molar-refractivity contribution is 7.10. The molecule has 13 heavy (non-hydrogen) atoms. The maximum atomic E-state index is 11.3. The van der Waals surface area contributed by atoms with Gasteiger partial charge in [-0.05, 0) is 23.9 Å². The number of ether oxygens (including phenoxy) is 1. The van der Waals surface area contributed by atoms with Crippen LogP contribution in [0.15, 0.2) is 11.4 Å². The molecule has 0 spiro atoms. The average molecular weight is 197 g/mol. The summed E-state index contributed by atoms with van der Waals surface area (Å²) >= 11 is 1.58. The standard InChI is InChI=1S/C9H11NO2S/c1-6-2-3-13-7(6)9(8(10)11)4-12-5-9/h2-3H,4-5H2,1H3,(H2,10,11). The molecular formula is C9H11NO2S. The van der Waals surface area contributed by atoms with Gasteiger partial charge in [-0.2, -0.15) is 0 Å². The number of aryl methyl sites for hydroxylation is 1. The molecule has 2 N–H and O–H groups in total. The summed E-state index contributed by atoms with van der Waals surface area (Å²) < 4.78 is 5.08. The lowest BCUT2D eigenvalue weighted by molar-refractivity contribution is -0.141. The molecule has 1 aromatic heterocycles. The Hall–Kier alpha value is -0.870. The Labute approximate surface area is 80.5 Å². The second-order valence-corrected chi connectivity index (χ2v) is 4.29. The van der Waals surface area contributed by atoms with Crippen molar-refractivity contribution < 1.29 is 9.53 Å². The lowest BCUT2D eigenvalue weighted by Gasteiger charge is -2.38. The maximum absolute atomic E-state index is 11.3. The number of amides is 1. The van der Waals surface area contributed by atoms with E-state index < -0.39 is 5.41 Å². The van der Waals surface area contributed by atoms with Gasteiger partial charge in [0, 0.05) is 4.88 Å². The molecule has 0 aromatic carbocycles. The molecule has 0 bridgehead atoms. The molecule has 1 amide bonds. The van der Waals surface area contributed by atoms with E-state index in [4.69, 9.17) is 10.5 Å². The zero-order valence-corrected chi connectivity index (χ0v) is 8.19. The van der Waals surface area contributed by atoms with Gasteiger partial charge in [0.2, 0.25) is 5.91 Å². The van der Waals surface area contributed by atoms with Crippen LogP contribution in [0.5, 0.6) is 0 Å². The Kier molecular flexibility index (Phi) is 1.89. The van der Waals surface area contributed by atoms with Crippen LogP contribution in [-0.4, -0.2) is 19.1 Å². The van der Waals surface area contributed by atoms with Gasteiger partial charge >= 0.3 is 0 Å². The molecule has 3 nitrogen and oxygen atoms in total. The van der Waals surface area contributed by atoms with Gasteiger partial charge in [-0.3, -0.25) is 4.79 Å². The fourth-order valence-corrected chi connectivity index (χ4v) is 2.66. The Morgan fingerprint density at radius 2 is 2.38 bits per heavy atom. The van der Waals surface area contributed by atoms with Crippen molar-refractivity contribution in [3.63, 3.8) is 0 Å².